The Hall–Kier alpha value is -1.43. The van der Waals surface area contributed by atoms with Crippen LogP contribution in [0.5, 0.6) is 0 Å². The van der Waals surface area contributed by atoms with E-state index in [2.05, 4.69) is 0 Å². The van der Waals surface area contributed by atoms with Crippen molar-refractivity contribution in [3.8, 4) is 0 Å². The number of likely N-dealkylation sites (tertiary alicyclic amines) is 1. The van der Waals surface area contributed by atoms with Gasteiger partial charge in [-0.25, -0.2) is 0 Å². The minimum Gasteiger partial charge on any atom is -0.364 e. The predicted octanol–water partition coefficient (Wildman–Crippen LogP) is 1.55. The Morgan fingerprint density at radius 3 is 2.48 bits per heavy atom. The Kier molecular flexibility index (Phi) is 4.66. The lowest BCUT2D eigenvalue weighted by Gasteiger charge is -2.24. The molecule has 0 aliphatic carbocycles. The molecule has 1 saturated heterocycles. The Labute approximate surface area is 125 Å². The van der Waals surface area contributed by atoms with Crippen LogP contribution in [0.2, 0.25) is 0 Å². The molecule has 1 amide bonds. The number of hydrogen-bond acceptors (Lipinski definition) is 4. The van der Waals surface area contributed by atoms with Gasteiger partial charge < -0.3 is 20.5 Å². The third-order valence-corrected chi connectivity index (χ3v) is 3.35. The SMILES string of the molecule is CC(C)(C)OC(O)c1ccc(CN2CC(N)CC2=O)cc1. The maximum Gasteiger partial charge on any atom is 0.224 e. The second-order valence-electron chi connectivity index (χ2n) is 6.56. The molecule has 21 heavy (non-hydrogen) atoms. The first-order chi connectivity index (χ1) is 9.74. The topological polar surface area (TPSA) is 75.8 Å². The number of hydrogen-bond donors (Lipinski definition) is 2. The molecule has 0 aromatic heterocycles. The van der Waals surface area contributed by atoms with Crippen molar-refractivity contribution in [2.45, 2.75) is 51.7 Å². The number of amides is 1. The minimum atomic E-state index is -0.944. The van der Waals surface area contributed by atoms with E-state index >= 15 is 0 Å². The summed E-state index contributed by atoms with van der Waals surface area (Å²) in [4.78, 5) is 13.5. The van der Waals surface area contributed by atoms with Gasteiger partial charge in [-0.3, -0.25) is 4.79 Å². The number of rotatable bonds is 4. The van der Waals surface area contributed by atoms with E-state index in [9.17, 15) is 9.90 Å². The quantitative estimate of drug-likeness (QED) is 0.826. The molecule has 1 aromatic rings. The molecule has 1 aromatic carbocycles. The lowest BCUT2D eigenvalue weighted by Crippen LogP contribution is -2.27. The Balaban J connectivity index is 1.97. The van der Waals surface area contributed by atoms with Gasteiger partial charge in [-0.15, -0.1) is 0 Å². The van der Waals surface area contributed by atoms with Crippen molar-refractivity contribution in [3.05, 3.63) is 35.4 Å². The predicted molar refractivity (Wildman–Crippen MR) is 80.2 cm³/mol. The van der Waals surface area contributed by atoms with E-state index in [0.29, 0.717) is 25.1 Å². The highest BCUT2D eigenvalue weighted by molar-refractivity contribution is 5.79. The van der Waals surface area contributed by atoms with Gasteiger partial charge in [0.2, 0.25) is 5.91 Å². The molecule has 0 bridgehead atoms. The Morgan fingerprint density at radius 1 is 1.38 bits per heavy atom. The average Bonchev–Trinajstić information content (AvgIpc) is 2.66. The number of aliphatic hydroxyl groups is 1. The summed E-state index contributed by atoms with van der Waals surface area (Å²) in [5.74, 6) is 0.0997. The second-order valence-corrected chi connectivity index (χ2v) is 6.56. The van der Waals surface area contributed by atoms with Gasteiger partial charge in [0, 0.05) is 31.1 Å². The summed E-state index contributed by atoms with van der Waals surface area (Å²) >= 11 is 0. The number of ether oxygens (including phenoxy) is 1. The molecule has 0 saturated carbocycles. The zero-order valence-electron chi connectivity index (χ0n) is 12.9. The molecule has 5 nitrogen and oxygen atoms in total. The van der Waals surface area contributed by atoms with Gasteiger partial charge >= 0.3 is 0 Å². The molecule has 2 atom stereocenters. The van der Waals surface area contributed by atoms with Gasteiger partial charge in [-0.2, -0.15) is 0 Å². The fourth-order valence-electron chi connectivity index (χ4n) is 2.37. The van der Waals surface area contributed by atoms with Crippen LogP contribution in [0.15, 0.2) is 24.3 Å². The van der Waals surface area contributed by atoms with Crippen molar-refractivity contribution in [2.24, 2.45) is 5.73 Å². The van der Waals surface area contributed by atoms with E-state index < -0.39 is 11.9 Å². The molecule has 3 N–H and O–H groups in total. The first kappa shape index (κ1) is 15.9. The number of carbonyl (C=O) groups excluding carboxylic acids is 1. The van der Waals surface area contributed by atoms with E-state index in [1.54, 1.807) is 4.90 Å². The van der Waals surface area contributed by atoms with Gasteiger partial charge in [0.1, 0.15) is 0 Å². The summed E-state index contributed by atoms with van der Waals surface area (Å²) < 4.78 is 5.50. The van der Waals surface area contributed by atoms with E-state index in [0.717, 1.165) is 5.56 Å². The van der Waals surface area contributed by atoms with Gasteiger partial charge in [0.15, 0.2) is 6.29 Å². The van der Waals surface area contributed by atoms with Crippen molar-refractivity contribution in [1.29, 1.82) is 0 Å². The summed E-state index contributed by atoms with van der Waals surface area (Å²) in [6, 6.07) is 7.40. The highest BCUT2D eigenvalue weighted by atomic mass is 16.6. The Morgan fingerprint density at radius 2 is 2.00 bits per heavy atom. The van der Waals surface area contributed by atoms with Crippen LogP contribution in [-0.2, 0) is 16.1 Å². The highest BCUT2D eigenvalue weighted by Crippen LogP contribution is 2.22. The zero-order valence-corrected chi connectivity index (χ0v) is 12.9. The Bertz CT molecular complexity index is 493. The second kappa shape index (κ2) is 6.13. The number of carbonyl (C=O) groups is 1. The van der Waals surface area contributed by atoms with Crippen molar-refractivity contribution in [3.63, 3.8) is 0 Å². The monoisotopic (exact) mass is 292 g/mol. The standard InChI is InChI=1S/C16H24N2O3/c1-16(2,3)21-15(20)12-6-4-11(5-7-12)9-18-10-13(17)8-14(18)19/h4-7,13,15,20H,8-10,17H2,1-3H3. The average molecular weight is 292 g/mol. The summed E-state index contributed by atoms with van der Waals surface area (Å²) in [5, 5.41) is 10.0. The van der Waals surface area contributed by atoms with Crippen LogP contribution in [0.3, 0.4) is 0 Å². The van der Waals surface area contributed by atoms with Crippen LogP contribution in [0.25, 0.3) is 0 Å². The van der Waals surface area contributed by atoms with Crippen molar-refractivity contribution in [2.75, 3.05) is 6.54 Å². The molecule has 5 heteroatoms. The molecule has 0 spiro atoms. The fraction of sp³-hybridized carbons (Fsp3) is 0.562. The van der Waals surface area contributed by atoms with Crippen LogP contribution in [0.4, 0.5) is 0 Å². The highest BCUT2D eigenvalue weighted by Gasteiger charge is 2.26. The molecule has 1 heterocycles. The number of aliphatic hydroxyl groups excluding tert-OH is 1. The van der Waals surface area contributed by atoms with E-state index in [4.69, 9.17) is 10.5 Å². The third-order valence-electron chi connectivity index (χ3n) is 3.35. The van der Waals surface area contributed by atoms with E-state index in [-0.39, 0.29) is 11.9 Å². The van der Waals surface area contributed by atoms with Crippen molar-refractivity contribution in [1.82, 2.24) is 4.90 Å². The van der Waals surface area contributed by atoms with Gasteiger partial charge in [-0.1, -0.05) is 24.3 Å². The zero-order chi connectivity index (χ0) is 15.6. The number of nitrogens with zero attached hydrogens (tertiary/aromatic N) is 1. The molecular formula is C16H24N2O3. The van der Waals surface area contributed by atoms with Crippen LogP contribution in [0.1, 0.15) is 44.6 Å². The van der Waals surface area contributed by atoms with Crippen molar-refractivity contribution < 1.29 is 14.6 Å². The number of benzene rings is 1. The molecule has 0 radical (unpaired) electrons. The van der Waals surface area contributed by atoms with Crippen LogP contribution in [0, 0.1) is 0 Å². The summed E-state index contributed by atoms with van der Waals surface area (Å²) in [6.07, 6.45) is -0.517. The van der Waals surface area contributed by atoms with Gasteiger partial charge in [0.05, 0.1) is 5.60 Å². The maximum absolute atomic E-state index is 11.7. The maximum atomic E-state index is 11.7. The van der Waals surface area contributed by atoms with E-state index in [1.165, 1.54) is 0 Å². The van der Waals surface area contributed by atoms with Gasteiger partial charge in [-0.05, 0) is 26.3 Å². The number of nitrogens with two attached hydrogens (primary N) is 1. The van der Waals surface area contributed by atoms with Gasteiger partial charge in [0.25, 0.3) is 0 Å². The lowest BCUT2D eigenvalue weighted by molar-refractivity contribution is -0.169. The van der Waals surface area contributed by atoms with Crippen molar-refractivity contribution >= 4 is 5.91 Å². The fourth-order valence-corrected chi connectivity index (χ4v) is 2.37. The lowest BCUT2D eigenvalue weighted by atomic mass is 10.1. The molecular weight excluding hydrogens is 268 g/mol. The molecule has 1 aliphatic rings. The normalized spacial score (nSPS) is 20.9. The third kappa shape index (κ3) is 4.52. The molecule has 2 rings (SSSR count). The van der Waals surface area contributed by atoms with Crippen LogP contribution in [-0.4, -0.2) is 34.1 Å². The summed E-state index contributed by atoms with van der Waals surface area (Å²) in [6.45, 7) is 6.85. The van der Waals surface area contributed by atoms with Crippen LogP contribution >= 0.6 is 0 Å². The van der Waals surface area contributed by atoms with E-state index in [1.807, 2.05) is 45.0 Å². The summed E-state index contributed by atoms with van der Waals surface area (Å²) in [7, 11) is 0. The first-order valence-corrected chi connectivity index (χ1v) is 7.23. The molecule has 1 aliphatic heterocycles. The smallest absolute Gasteiger partial charge is 0.224 e. The largest absolute Gasteiger partial charge is 0.364 e. The minimum absolute atomic E-state index is 0.0567. The van der Waals surface area contributed by atoms with Crippen LogP contribution < -0.4 is 5.73 Å². The summed E-state index contributed by atoms with van der Waals surface area (Å²) in [5.41, 5.74) is 7.10. The molecule has 116 valence electrons. The molecule has 2 unspecified atom stereocenters. The first-order valence-electron chi connectivity index (χ1n) is 7.23. The molecule has 1 fully saturated rings.